The van der Waals surface area contributed by atoms with Gasteiger partial charge in [0.2, 0.25) is 0 Å². The average molecular weight is 262 g/mol. The first-order valence-corrected chi connectivity index (χ1v) is 8.15. The van der Waals surface area contributed by atoms with Gasteiger partial charge < -0.3 is 23.1 Å². The topological polar surface area (TPSA) is 34.2 Å². The summed E-state index contributed by atoms with van der Waals surface area (Å²) in [4.78, 5) is 4.87. The van der Waals surface area contributed by atoms with Crippen LogP contribution >= 0.6 is 0 Å². The van der Waals surface area contributed by atoms with Gasteiger partial charge in [0.05, 0.1) is 0 Å². The molecule has 17 heavy (non-hydrogen) atoms. The van der Waals surface area contributed by atoms with E-state index < -0.39 is 8.80 Å². The molecule has 0 N–H and O–H groups in total. The molecule has 102 valence electrons. The van der Waals surface area contributed by atoms with E-state index in [0.29, 0.717) is 0 Å². The molecule has 0 aromatic carbocycles. The largest absolute Gasteiger partial charge is 0.500 e. The molecule has 0 aliphatic carbocycles. The van der Waals surface area contributed by atoms with E-state index in [4.69, 9.17) is 13.3 Å². The normalized spacial score (nSPS) is 19.8. The summed E-state index contributed by atoms with van der Waals surface area (Å²) in [6.45, 7) is 5.78. The number of piperazine rings is 1. The fourth-order valence-corrected chi connectivity index (χ4v) is 3.85. The van der Waals surface area contributed by atoms with Gasteiger partial charge in [-0.2, -0.15) is 0 Å². The van der Waals surface area contributed by atoms with Gasteiger partial charge in [-0.25, -0.2) is 0 Å². The van der Waals surface area contributed by atoms with Crippen LogP contribution in [0.1, 0.15) is 6.42 Å². The van der Waals surface area contributed by atoms with E-state index in [1.807, 2.05) is 0 Å². The third-order valence-corrected chi connectivity index (χ3v) is 6.32. The number of likely N-dealkylation sites (N-methyl/N-ethyl adjacent to an activating group) is 1. The van der Waals surface area contributed by atoms with Gasteiger partial charge in [0.25, 0.3) is 0 Å². The van der Waals surface area contributed by atoms with Crippen LogP contribution in [0.25, 0.3) is 0 Å². The fourth-order valence-electron chi connectivity index (χ4n) is 2.15. The number of nitrogens with zero attached hydrogens (tertiary/aromatic N) is 2. The van der Waals surface area contributed by atoms with E-state index in [9.17, 15) is 0 Å². The Morgan fingerprint density at radius 2 is 1.47 bits per heavy atom. The van der Waals surface area contributed by atoms with Crippen LogP contribution in [0, 0.1) is 0 Å². The zero-order valence-electron chi connectivity index (χ0n) is 11.6. The van der Waals surface area contributed by atoms with Crippen molar-refractivity contribution < 1.29 is 13.3 Å². The van der Waals surface area contributed by atoms with Crippen LogP contribution in [0.15, 0.2) is 0 Å². The minimum atomic E-state index is -2.35. The molecule has 0 aromatic heterocycles. The monoisotopic (exact) mass is 262 g/mol. The number of hydrogen-bond donors (Lipinski definition) is 0. The van der Waals surface area contributed by atoms with Gasteiger partial charge in [0.15, 0.2) is 0 Å². The van der Waals surface area contributed by atoms with E-state index in [0.717, 1.165) is 32.1 Å². The lowest BCUT2D eigenvalue weighted by molar-refractivity contribution is 0.117. The van der Waals surface area contributed by atoms with Crippen LogP contribution < -0.4 is 0 Å². The van der Waals surface area contributed by atoms with Crippen molar-refractivity contribution in [1.29, 1.82) is 0 Å². The first kappa shape index (κ1) is 15.1. The van der Waals surface area contributed by atoms with Gasteiger partial charge in [-0.15, -0.1) is 0 Å². The third-order valence-electron chi connectivity index (χ3n) is 3.49. The Balaban J connectivity index is 2.22. The summed E-state index contributed by atoms with van der Waals surface area (Å²) in [6, 6.07) is 0.892. The Morgan fingerprint density at radius 3 is 1.94 bits per heavy atom. The van der Waals surface area contributed by atoms with Crippen molar-refractivity contribution in [3.05, 3.63) is 0 Å². The third kappa shape index (κ3) is 4.65. The summed E-state index contributed by atoms with van der Waals surface area (Å²) in [6.07, 6.45) is 1.07. The highest BCUT2D eigenvalue weighted by molar-refractivity contribution is 6.60. The van der Waals surface area contributed by atoms with Crippen molar-refractivity contribution >= 4 is 8.80 Å². The smallest absolute Gasteiger partial charge is 0.377 e. The highest BCUT2D eigenvalue weighted by Gasteiger charge is 2.37. The van der Waals surface area contributed by atoms with Crippen LogP contribution in [-0.2, 0) is 13.3 Å². The summed E-state index contributed by atoms with van der Waals surface area (Å²) in [5.41, 5.74) is 0. The second-order valence-corrected chi connectivity index (χ2v) is 7.63. The Labute approximate surface area is 106 Å². The molecule has 1 aliphatic rings. The number of hydrogen-bond acceptors (Lipinski definition) is 5. The quantitative estimate of drug-likeness (QED) is 0.624. The van der Waals surface area contributed by atoms with Crippen LogP contribution in [0.4, 0.5) is 0 Å². The molecular formula is C11H26N2O3Si. The molecule has 1 rings (SSSR count). The number of rotatable bonds is 7. The van der Waals surface area contributed by atoms with E-state index in [-0.39, 0.29) is 0 Å². The molecule has 0 saturated carbocycles. The highest BCUT2D eigenvalue weighted by Crippen LogP contribution is 2.15. The van der Waals surface area contributed by atoms with Crippen molar-refractivity contribution in [1.82, 2.24) is 9.80 Å². The van der Waals surface area contributed by atoms with Gasteiger partial charge in [0, 0.05) is 53.6 Å². The lowest BCUT2D eigenvalue weighted by Gasteiger charge is -2.33. The highest BCUT2D eigenvalue weighted by atomic mass is 28.4. The van der Waals surface area contributed by atoms with Crippen LogP contribution in [0.5, 0.6) is 0 Å². The summed E-state index contributed by atoms with van der Waals surface area (Å²) >= 11 is 0. The Kier molecular flexibility index (Phi) is 6.61. The molecule has 0 atom stereocenters. The molecule has 1 heterocycles. The minimum absolute atomic E-state index is 0.892. The predicted molar refractivity (Wildman–Crippen MR) is 70.1 cm³/mol. The van der Waals surface area contributed by atoms with E-state index >= 15 is 0 Å². The zero-order valence-corrected chi connectivity index (χ0v) is 12.6. The average Bonchev–Trinajstić information content (AvgIpc) is 2.38. The van der Waals surface area contributed by atoms with Gasteiger partial charge in [-0.1, -0.05) is 0 Å². The Morgan fingerprint density at radius 1 is 0.941 bits per heavy atom. The van der Waals surface area contributed by atoms with E-state index in [1.165, 1.54) is 13.1 Å². The van der Waals surface area contributed by atoms with E-state index in [1.54, 1.807) is 21.3 Å². The fraction of sp³-hybridized carbons (Fsp3) is 1.00. The molecular weight excluding hydrogens is 236 g/mol. The van der Waals surface area contributed by atoms with Gasteiger partial charge in [-0.3, -0.25) is 0 Å². The second-order valence-electron chi connectivity index (χ2n) is 4.54. The predicted octanol–water partition coefficient (Wildman–Crippen LogP) is 0.502. The van der Waals surface area contributed by atoms with Crippen molar-refractivity contribution in [2.45, 2.75) is 12.5 Å². The maximum atomic E-state index is 5.41. The molecule has 0 bridgehead atoms. The maximum absolute atomic E-state index is 5.41. The first-order chi connectivity index (χ1) is 8.15. The molecule has 0 aromatic rings. The van der Waals surface area contributed by atoms with Crippen LogP contribution in [-0.4, -0.2) is 79.7 Å². The van der Waals surface area contributed by atoms with Gasteiger partial charge in [-0.05, 0) is 20.0 Å². The second kappa shape index (κ2) is 7.45. The molecule has 0 amide bonds. The zero-order chi connectivity index (χ0) is 12.7. The molecule has 6 heteroatoms. The standard InChI is InChI=1S/C11H26N2O3Si/c1-12-7-9-13(10-8-12)6-5-11-17(14-2,15-3)16-4/h5-11H2,1-4H3. The first-order valence-electron chi connectivity index (χ1n) is 6.22. The van der Waals surface area contributed by atoms with E-state index in [2.05, 4.69) is 16.8 Å². The van der Waals surface area contributed by atoms with Gasteiger partial charge in [0.1, 0.15) is 0 Å². The van der Waals surface area contributed by atoms with Crippen molar-refractivity contribution in [3.63, 3.8) is 0 Å². The van der Waals surface area contributed by atoms with Crippen molar-refractivity contribution in [2.75, 3.05) is 61.1 Å². The molecule has 1 fully saturated rings. The van der Waals surface area contributed by atoms with Gasteiger partial charge >= 0.3 is 8.80 Å². The molecule has 0 radical (unpaired) electrons. The molecule has 1 aliphatic heterocycles. The lowest BCUT2D eigenvalue weighted by atomic mass is 10.3. The molecule has 5 nitrogen and oxygen atoms in total. The summed E-state index contributed by atoms with van der Waals surface area (Å²) < 4.78 is 16.2. The summed E-state index contributed by atoms with van der Waals surface area (Å²) in [5, 5.41) is 0. The molecule has 0 unspecified atom stereocenters. The Bertz CT molecular complexity index is 199. The van der Waals surface area contributed by atoms with Crippen LogP contribution in [0.2, 0.25) is 6.04 Å². The van der Waals surface area contributed by atoms with Crippen molar-refractivity contribution in [3.8, 4) is 0 Å². The maximum Gasteiger partial charge on any atom is 0.500 e. The van der Waals surface area contributed by atoms with Crippen molar-refractivity contribution in [2.24, 2.45) is 0 Å². The SMILES string of the molecule is CO[Si](CCCN1CCN(C)CC1)(OC)OC. The minimum Gasteiger partial charge on any atom is -0.377 e. The molecule has 1 saturated heterocycles. The summed E-state index contributed by atoms with van der Waals surface area (Å²) in [7, 11) is 4.85. The summed E-state index contributed by atoms with van der Waals surface area (Å²) in [5.74, 6) is 0. The lowest BCUT2D eigenvalue weighted by Crippen LogP contribution is -2.46. The molecule has 0 spiro atoms. The Hall–Kier alpha value is 0.0169. The van der Waals surface area contributed by atoms with Crippen LogP contribution in [0.3, 0.4) is 0 Å².